The number of ether oxygens (including phenoxy) is 17. The molecule has 0 amide bonds. The van der Waals surface area contributed by atoms with Gasteiger partial charge in [-0.15, -0.1) is 0 Å². The molecule has 1 aromatic carbocycles. The zero-order valence-corrected chi connectivity index (χ0v) is 89.8. The van der Waals surface area contributed by atoms with Crippen LogP contribution in [-0.2, 0) is 146 Å². The molecule has 0 aliphatic heterocycles. The molecule has 822 valence electrons. The molecule has 0 aromatic heterocycles. The number of carbonyl (C=O) groups is 11. The summed E-state index contributed by atoms with van der Waals surface area (Å²) in [7, 11) is 0. The Hall–Kier alpha value is -11.4. The van der Waals surface area contributed by atoms with Gasteiger partial charge in [-0.1, -0.05) is 279 Å². The van der Waals surface area contributed by atoms with Gasteiger partial charge in [0.25, 0.3) is 0 Å². The monoisotopic (exact) mass is 2030 g/mol. The molecule has 144 heavy (non-hydrogen) atoms. The molecule has 0 unspecified atom stereocenters. The van der Waals surface area contributed by atoms with Crippen LogP contribution in [0.3, 0.4) is 0 Å². The summed E-state index contributed by atoms with van der Waals surface area (Å²) in [6.07, 6.45) is 50.1. The first-order valence-electron chi connectivity index (χ1n) is 50.7. The number of esters is 11. The quantitative estimate of drug-likeness (QED) is 0.0192. The van der Waals surface area contributed by atoms with E-state index in [4.69, 9.17) is 80.5 Å². The van der Waals surface area contributed by atoms with Gasteiger partial charge >= 0.3 is 65.7 Å². The molecular weight excluding hydrogens is 1840 g/mol. The minimum Gasteiger partial charge on any atom is -0.502 e. The Morgan fingerprint density at radius 2 is 0.389 bits per heavy atom. The van der Waals surface area contributed by atoms with Crippen molar-refractivity contribution in [1.82, 2.24) is 0 Å². The van der Waals surface area contributed by atoms with Crippen molar-refractivity contribution in [3.63, 3.8) is 0 Å². The third-order valence-corrected chi connectivity index (χ3v) is 19.1. The normalized spacial score (nSPS) is 9.71. The molecule has 0 saturated carbocycles. The Balaban J connectivity index is -0.000000245. The number of rotatable bonds is 83. The van der Waals surface area contributed by atoms with Crippen LogP contribution < -0.4 is 0 Å². The van der Waals surface area contributed by atoms with Crippen molar-refractivity contribution < 1.29 is 133 Å². The van der Waals surface area contributed by atoms with Crippen molar-refractivity contribution in [2.75, 3.05) is 112 Å². The molecule has 0 aliphatic rings. The Morgan fingerprint density at radius 1 is 0.215 bits per heavy atom. The van der Waals surface area contributed by atoms with Crippen molar-refractivity contribution in [3.8, 4) is 0 Å². The maximum Gasteiger partial charge on any atom is 0.333 e. The van der Waals surface area contributed by atoms with Gasteiger partial charge in [-0.05, 0) is 182 Å². The van der Waals surface area contributed by atoms with E-state index in [0.29, 0.717) is 129 Å². The fraction of sp³-hybridized carbons (Fsp3) is 0.595. The molecule has 0 bridgehead atoms. The predicted octanol–water partition coefficient (Wildman–Crippen LogP) is 26.7. The Labute approximate surface area is 868 Å². The molecule has 0 spiro atoms. The third-order valence-electron chi connectivity index (χ3n) is 19.1. The number of carbonyl (C=O) groups excluding carboxylic acids is 11. The topological polar surface area (TPSA) is 345 Å². The average Bonchev–Trinajstić information content (AvgIpc) is 0.898. The minimum atomic E-state index is -0.413. The molecule has 1 rings (SSSR count). The van der Waals surface area contributed by atoms with Crippen molar-refractivity contribution in [2.45, 2.75) is 340 Å². The van der Waals surface area contributed by atoms with Crippen molar-refractivity contribution in [2.24, 2.45) is 0 Å². The molecule has 1 aromatic rings. The summed E-state index contributed by atoms with van der Waals surface area (Å²) in [5, 5.41) is 0. The maximum absolute atomic E-state index is 11.3. The van der Waals surface area contributed by atoms with Crippen molar-refractivity contribution in [1.29, 1.82) is 0 Å². The lowest BCUT2D eigenvalue weighted by Gasteiger charge is -2.07. The van der Waals surface area contributed by atoms with Gasteiger partial charge in [-0.25, -0.2) is 52.7 Å². The first kappa shape index (κ1) is 148. The Morgan fingerprint density at radius 3 is 0.597 bits per heavy atom. The van der Waals surface area contributed by atoms with Gasteiger partial charge in [-0.2, -0.15) is 0 Å². The Bertz CT molecular complexity index is 3560. The van der Waals surface area contributed by atoms with E-state index in [1.165, 1.54) is 127 Å². The molecule has 28 nitrogen and oxygen atoms in total. The van der Waals surface area contributed by atoms with E-state index in [-0.39, 0.29) is 81.0 Å². The number of benzene rings is 1. The molecular formula is C116H190O28. The lowest BCUT2D eigenvalue weighted by atomic mass is 10.1. The van der Waals surface area contributed by atoms with Gasteiger partial charge in [-0.3, -0.25) is 0 Å². The highest BCUT2D eigenvalue weighted by Gasteiger charge is 2.12. The second-order valence-corrected chi connectivity index (χ2v) is 33.3. The smallest absolute Gasteiger partial charge is 0.333 e. The first-order valence-corrected chi connectivity index (χ1v) is 50.7. The average molecular weight is 2030 g/mol. The van der Waals surface area contributed by atoms with Crippen molar-refractivity contribution in [3.05, 3.63) is 221 Å². The van der Waals surface area contributed by atoms with Gasteiger partial charge in [0.05, 0.1) is 124 Å². The summed E-state index contributed by atoms with van der Waals surface area (Å²) in [5.74, 6) is -3.69. The van der Waals surface area contributed by atoms with E-state index < -0.39 is 11.9 Å². The highest BCUT2D eigenvalue weighted by atomic mass is 16.6. The summed E-state index contributed by atoms with van der Waals surface area (Å²) < 4.78 is 85.3. The SMILES string of the molecule is C.C=C(C)C(=O)OCCCCCCCCCCOC(=O)C(=C)C.C=C(C)C(=O)OCCCCCCOC(=O)C(=C)C.C=C(C)C(=O)OCCOCCOCCCCCC.C=C(C)C(=O)OCc1ccc(COC(=O)C(=C)C)cc1.C=COCCCCCCCCOC(=O)C(=C)C.C=COCCCCCCCCOC(=O)C(=C)CC.C=COCCCCCCCCOC(=O)C=C.C=COCCCCCCOC(=O)C=C. The van der Waals surface area contributed by atoms with Crippen LogP contribution in [0.2, 0.25) is 0 Å². The second kappa shape index (κ2) is 115. The third kappa shape index (κ3) is 119. The summed E-state index contributed by atoms with van der Waals surface area (Å²) in [4.78, 5) is 121. The molecule has 0 radical (unpaired) electrons. The van der Waals surface area contributed by atoms with Crippen LogP contribution in [0.15, 0.2) is 210 Å². The van der Waals surface area contributed by atoms with Gasteiger partial charge in [0.15, 0.2) is 0 Å². The fourth-order valence-corrected chi connectivity index (χ4v) is 10.6. The standard InChI is InChI=1S/C18H30O4.C16H18O4.C15H26O3.C14H22O4.C14H26O4.C14H24O3.C13H22O3.C11H18O3.CH4/c1-15(2)17(19)21-13-11-9-7-5-6-8-10-12-14-22-18(20)16(3)4;1-11(2)15(17)19-9-13-5-7-14(8-6-13)10-20-16(18)12(3)4;1-4-14(3)15(16)18-13-11-9-7-6-8-10-12-17-5-2;1-11(2)13(15)17-9-7-5-6-8-10-18-14(16)12(3)4;1-4-5-6-7-8-16-9-10-17-11-12-18-14(15)13(2)3;1-4-16-11-9-7-5-6-8-10-12-17-14(15)13(2)3;1-3-13(14)16-12-10-8-6-5-7-9-11-15-4-2;1-3-11(12)14-10-8-6-5-7-9-13-4-2;/h1,3,5-14H2,2,4H3;5-8H,1,3,9-10H2,2,4H3;5H,2-4,6-13H2,1H3;1,3,5-10H2,2,4H3;2,4-12H2,1,3H3;4H,1-2,5-12H2,3H3;3-4H,1-2,5-12H2;3-4H,1-2,5-10H2;1H4. The summed E-state index contributed by atoms with van der Waals surface area (Å²) >= 11 is 0. The molecule has 0 saturated heterocycles. The highest BCUT2D eigenvalue weighted by molar-refractivity contribution is 5.90. The second-order valence-electron chi connectivity index (χ2n) is 33.3. The highest BCUT2D eigenvalue weighted by Crippen LogP contribution is 2.15. The summed E-state index contributed by atoms with van der Waals surface area (Å²) in [6.45, 7) is 79.2. The van der Waals surface area contributed by atoms with E-state index in [1.807, 2.05) is 31.2 Å². The Kier molecular flexibility index (Phi) is 118. The lowest BCUT2D eigenvalue weighted by Crippen LogP contribution is -2.13. The van der Waals surface area contributed by atoms with Crippen LogP contribution in [0.1, 0.15) is 338 Å². The zero-order chi connectivity index (χ0) is 109. The van der Waals surface area contributed by atoms with Crippen LogP contribution in [0.5, 0.6) is 0 Å². The van der Waals surface area contributed by atoms with Gasteiger partial charge in [0, 0.05) is 68.9 Å². The van der Waals surface area contributed by atoms with Crippen LogP contribution in [0.25, 0.3) is 0 Å². The minimum absolute atomic E-state index is 0. The molecule has 0 fully saturated rings. The number of hydrogen-bond donors (Lipinski definition) is 0. The largest absolute Gasteiger partial charge is 0.502 e. The van der Waals surface area contributed by atoms with Gasteiger partial charge in [0.1, 0.15) is 19.8 Å². The molecule has 0 atom stereocenters. The fourth-order valence-electron chi connectivity index (χ4n) is 10.6. The first-order chi connectivity index (χ1) is 68.5. The van der Waals surface area contributed by atoms with E-state index in [9.17, 15) is 52.7 Å². The summed E-state index contributed by atoms with van der Waals surface area (Å²) in [5.41, 5.74) is 5.62. The molecule has 0 heterocycles. The van der Waals surface area contributed by atoms with E-state index in [1.54, 1.807) is 55.4 Å². The van der Waals surface area contributed by atoms with Crippen LogP contribution >= 0.6 is 0 Å². The summed E-state index contributed by atoms with van der Waals surface area (Å²) in [6, 6.07) is 7.26. The van der Waals surface area contributed by atoms with Crippen LogP contribution in [0, 0.1) is 0 Å². The predicted molar refractivity (Wildman–Crippen MR) is 577 cm³/mol. The maximum atomic E-state index is 11.3. The molecule has 28 heteroatoms. The number of unbranched alkanes of at least 4 members (excludes halogenated alkanes) is 31. The van der Waals surface area contributed by atoms with E-state index in [2.05, 4.69) is 106 Å². The lowest BCUT2D eigenvalue weighted by molar-refractivity contribution is -0.141. The van der Waals surface area contributed by atoms with Crippen LogP contribution in [0.4, 0.5) is 0 Å². The zero-order valence-electron chi connectivity index (χ0n) is 89.8. The van der Waals surface area contributed by atoms with Gasteiger partial charge in [0.2, 0.25) is 0 Å². The van der Waals surface area contributed by atoms with Gasteiger partial charge < -0.3 is 80.5 Å². The van der Waals surface area contributed by atoms with Crippen LogP contribution in [-0.4, -0.2) is 178 Å². The molecule has 0 N–H and O–H groups in total. The van der Waals surface area contributed by atoms with E-state index >= 15 is 0 Å². The molecule has 0 aliphatic carbocycles. The van der Waals surface area contributed by atoms with E-state index in [0.717, 1.165) is 198 Å². The number of hydrogen-bond acceptors (Lipinski definition) is 28. The van der Waals surface area contributed by atoms with Crippen molar-refractivity contribution >= 4 is 65.7 Å².